The Kier molecular flexibility index (Phi) is 5.38. The molecule has 0 fully saturated rings. The van der Waals surface area contributed by atoms with Crippen LogP contribution in [0.15, 0.2) is 140 Å². The molecule has 0 saturated carbocycles. The molecule has 0 spiro atoms. The predicted molar refractivity (Wildman–Crippen MR) is 165 cm³/mol. The number of rotatable bonds is 4. The molecule has 4 aromatic carbocycles. The van der Waals surface area contributed by atoms with Gasteiger partial charge in [0.2, 0.25) is 0 Å². The predicted octanol–water partition coefficient (Wildman–Crippen LogP) is 8.49. The van der Waals surface area contributed by atoms with Crippen molar-refractivity contribution in [3.05, 3.63) is 140 Å². The van der Waals surface area contributed by atoms with Gasteiger partial charge in [0.05, 0.1) is 45.3 Å². The molecule has 192 valence electrons. The van der Waals surface area contributed by atoms with Gasteiger partial charge in [0.25, 0.3) is 0 Å². The van der Waals surface area contributed by atoms with Crippen molar-refractivity contribution in [2.75, 3.05) is 0 Å². The molecule has 4 aromatic heterocycles. The molecule has 0 amide bonds. The molecule has 8 rings (SSSR count). The van der Waals surface area contributed by atoms with Crippen LogP contribution < -0.4 is 0 Å². The van der Waals surface area contributed by atoms with Crippen LogP contribution in [0.1, 0.15) is 0 Å². The fraction of sp³-hybridized carbons (Fsp3) is 0. The van der Waals surface area contributed by atoms with E-state index in [4.69, 9.17) is 15.0 Å². The quantitative estimate of drug-likeness (QED) is 0.231. The van der Waals surface area contributed by atoms with Crippen LogP contribution in [0.5, 0.6) is 0 Å². The van der Waals surface area contributed by atoms with E-state index in [1.807, 2.05) is 66.9 Å². The summed E-state index contributed by atoms with van der Waals surface area (Å²) < 4.78 is 2.32. The Bertz CT molecular complexity index is 2130. The second kappa shape index (κ2) is 9.50. The lowest BCUT2D eigenvalue weighted by Crippen LogP contribution is -1.96. The second-order valence-corrected chi connectivity index (χ2v) is 9.98. The first-order valence-electron chi connectivity index (χ1n) is 13.6. The Hall–Kier alpha value is -5.68. The molecule has 5 heteroatoms. The largest absolute Gasteiger partial charge is 0.306 e. The third kappa shape index (κ3) is 3.95. The zero-order chi connectivity index (χ0) is 27.2. The van der Waals surface area contributed by atoms with Gasteiger partial charge in [0.1, 0.15) is 0 Å². The lowest BCUT2D eigenvalue weighted by molar-refractivity contribution is 1.16. The Labute approximate surface area is 236 Å². The number of hydrogen-bond acceptors (Lipinski definition) is 4. The van der Waals surface area contributed by atoms with Crippen molar-refractivity contribution in [2.45, 2.75) is 0 Å². The summed E-state index contributed by atoms with van der Waals surface area (Å²) in [6.45, 7) is 0. The molecule has 0 radical (unpaired) electrons. The fourth-order valence-electron chi connectivity index (χ4n) is 5.60. The third-order valence-electron chi connectivity index (χ3n) is 7.51. The highest BCUT2D eigenvalue weighted by molar-refractivity contribution is 6.07. The fourth-order valence-corrected chi connectivity index (χ4v) is 5.60. The molecule has 0 aliphatic heterocycles. The van der Waals surface area contributed by atoms with E-state index in [-0.39, 0.29) is 0 Å². The molecule has 0 bridgehead atoms. The topological polar surface area (TPSA) is 56.0 Å². The van der Waals surface area contributed by atoms with Gasteiger partial charge >= 0.3 is 0 Å². The van der Waals surface area contributed by atoms with E-state index in [9.17, 15) is 0 Å². The van der Waals surface area contributed by atoms with Crippen LogP contribution in [-0.2, 0) is 0 Å². The van der Waals surface area contributed by atoms with Crippen molar-refractivity contribution in [2.24, 2.45) is 0 Å². The average molecular weight is 526 g/mol. The lowest BCUT2D eigenvalue weighted by Gasteiger charge is -2.10. The second-order valence-electron chi connectivity index (χ2n) is 9.98. The smallest absolute Gasteiger partial charge is 0.160 e. The maximum Gasteiger partial charge on any atom is 0.160 e. The van der Waals surface area contributed by atoms with Crippen molar-refractivity contribution in [1.29, 1.82) is 0 Å². The first-order chi connectivity index (χ1) is 20.3. The minimum atomic E-state index is 0.676. The third-order valence-corrected chi connectivity index (χ3v) is 7.51. The average Bonchev–Trinajstić information content (AvgIpc) is 3.40. The van der Waals surface area contributed by atoms with E-state index >= 15 is 0 Å². The van der Waals surface area contributed by atoms with E-state index in [2.05, 4.69) is 76.1 Å². The zero-order valence-electron chi connectivity index (χ0n) is 22.0. The molecular weight excluding hydrogens is 502 g/mol. The summed E-state index contributed by atoms with van der Waals surface area (Å²) in [7, 11) is 0. The highest BCUT2D eigenvalue weighted by atomic mass is 14.9. The maximum atomic E-state index is 4.97. The highest BCUT2D eigenvalue weighted by Gasteiger charge is 2.17. The van der Waals surface area contributed by atoms with Gasteiger partial charge in [0.15, 0.2) is 5.82 Å². The number of fused-ring (bicyclic) bond motifs is 5. The molecule has 5 nitrogen and oxygen atoms in total. The first kappa shape index (κ1) is 23.2. The van der Waals surface area contributed by atoms with Crippen LogP contribution in [0.4, 0.5) is 0 Å². The summed E-state index contributed by atoms with van der Waals surface area (Å²) in [4.78, 5) is 19.2. The normalized spacial score (nSPS) is 11.4. The molecule has 41 heavy (non-hydrogen) atoms. The van der Waals surface area contributed by atoms with Crippen molar-refractivity contribution in [3.63, 3.8) is 0 Å². The number of nitrogens with zero attached hydrogens (tertiary/aromatic N) is 5. The first-order valence-corrected chi connectivity index (χ1v) is 13.6. The summed E-state index contributed by atoms with van der Waals surface area (Å²) >= 11 is 0. The summed E-state index contributed by atoms with van der Waals surface area (Å²) in [5.74, 6) is 0.676. The zero-order valence-corrected chi connectivity index (χ0v) is 22.0. The van der Waals surface area contributed by atoms with Gasteiger partial charge in [-0.15, -0.1) is 0 Å². The van der Waals surface area contributed by atoms with Crippen LogP contribution in [0.3, 0.4) is 0 Å². The van der Waals surface area contributed by atoms with E-state index in [1.165, 1.54) is 16.5 Å². The van der Waals surface area contributed by atoms with Crippen molar-refractivity contribution < 1.29 is 0 Å². The maximum absolute atomic E-state index is 4.97. The molecule has 8 aromatic rings. The Morgan fingerprint density at radius 1 is 0.463 bits per heavy atom. The van der Waals surface area contributed by atoms with Crippen LogP contribution in [0.2, 0.25) is 0 Å². The molecule has 0 aliphatic rings. The van der Waals surface area contributed by atoms with Gasteiger partial charge in [-0.3, -0.25) is 9.97 Å². The summed E-state index contributed by atoms with van der Waals surface area (Å²) in [6, 6.07) is 43.4. The summed E-state index contributed by atoms with van der Waals surface area (Å²) in [5.41, 5.74) is 11.1. The van der Waals surface area contributed by atoms with Gasteiger partial charge in [-0.1, -0.05) is 91.0 Å². The summed E-state index contributed by atoms with van der Waals surface area (Å²) in [5, 5.41) is 1.20. The molecular formula is C36H23N5. The van der Waals surface area contributed by atoms with Gasteiger partial charge in [0, 0.05) is 28.3 Å². The van der Waals surface area contributed by atoms with Crippen LogP contribution in [0, 0.1) is 0 Å². The molecule has 0 unspecified atom stereocenters. The van der Waals surface area contributed by atoms with Gasteiger partial charge < -0.3 is 4.40 Å². The van der Waals surface area contributed by atoms with Crippen molar-refractivity contribution in [3.8, 4) is 45.2 Å². The number of hydrogen-bond donors (Lipinski definition) is 0. The van der Waals surface area contributed by atoms with Gasteiger partial charge in [-0.05, 0) is 42.0 Å². The Morgan fingerprint density at radius 3 is 2.00 bits per heavy atom. The van der Waals surface area contributed by atoms with Crippen molar-refractivity contribution in [1.82, 2.24) is 24.3 Å². The SMILES string of the molecule is c1ccc(-c2nc(-c3ccc(-c4c5ccccc5n5c4cnc4ccccc45)cc3)cc(-c3ccccn3)n2)cc1. The van der Waals surface area contributed by atoms with Crippen molar-refractivity contribution >= 4 is 27.5 Å². The number of benzene rings is 4. The van der Waals surface area contributed by atoms with Crippen LogP contribution >= 0.6 is 0 Å². The molecule has 0 N–H and O–H groups in total. The standard InChI is InChI=1S/C36H23N5/c1-2-10-26(11-3-1)36-39-30(22-31(40-36)28-13-8-9-21-37-28)24-17-19-25(20-18-24)35-27-12-4-6-15-32(27)41-33-16-7-5-14-29(33)38-23-34(35)41/h1-23H. The Morgan fingerprint density at radius 2 is 1.17 bits per heavy atom. The molecule has 0 saturated heterocycles. The van der Waals surface area contributed by atoms with E-state index < -0.39 is 0 Å². The number of pyridine rings is 1. The van der Waals surface area contributed by atoms with Crippen LogP contribution in [-0.4, -0.2) is 24.3 Å². The van der Waals surface area contributed by atoms with E-state index in [0.29, 0.717) is 5.82 Å². The molecule has 0 aliphatic carbocycles. The molecule has 0 atom stereocenters. The summed E-state index contributed by atoms with van der Waals surface area (Å²) in [6.07, 6.45) is 3.78. The minimum Gasteiger partial charge on any atom is -0.306 e. The van der Waals surface area contributed by atoms with Gasteiger partial charge in [-0.25, -0.2) is 9.97 Å². The lowest BCUT2D eigenvalue weighted by atomic mass is 10.0. The number of para-hydroxylation sites is 3. The van der Waals surface area contributed by atoms with Crippen LogP contribution in [0.25, 0.3) is 72.6 Å². The van der Waals surface area contributed by atoms with Gasteiger partial charge in [-0.2, -0.15) is 0 Å². The van der Waals surface area contributed by atoms with E-state index in [0.717, 1.165) is 50.3 Å². The highest BCUT2D eigenvalue weighted by Crippen LogP contribution is 2.38. The van der Waals surface area contributed by atoms with E-state index in [1.54, 1.807) is 6.20 Å². The Balaban J connectivity index is 1.29. The number of aromatic nitrogens is 5. The monoisotopic (exact) mass is 525 g/mol. The minimum absolute atomic E-state index is 0.676. The molecule has 4 heterocycles.